The lowest BCUT2D eigenvalue weighted by atomic mass is 10.2. The fourth-order valence-corrected chi connectivity index (χ4v) is 3.84. The van der Waals surface area contributed by atoms with E-state index in [0.29, 0.717) is 28.2 Å². The molecule has 0 spiro atoms. The molecule has 5 rings (SSSR count). The summed E-state index contributed by atoms with van der Waals surface area (Å²) < 4.78 is 22.7. The fourth-order valence-electron chi connectivity index (χ4n) is 3.84. The molecule has 0 bridgehead atoms. The number of benzene rings is 5. The largest absolute Gasteiger partial charge is 0.446 e. The first-order valence-electron chi connectivity index (χ1n) is 13.5. The predicted octanol–water partition coefficient (Wildman–Crippen LogP) is 6.06. The van der Waals surface area contributed by atoms with Crippen LogP contribution in [-0.4, -0.2) is 30.4 Å². The number of esters is 2. The summed E-state index contributed by atoms with van der Waals surface area (Å²) in [5, 5.41) is 4.04. The van der Waals surface area contributed by atoms with Crippen LogP contribution in [0.5, 0.6) is 23.0 Å². The molecule has 0 aliphatic carbocycles. The maximum atomic E-state index is 13.1. The van der Waals surface area contributed by atoms with E-state index < -0.39 is 24.1 Å². The van der Waals surface area contributed by atoms with Crippen molar-refractivity contribution in [3.8, 4) is 23.0 Å². The number of amides is 1. The first kappa shape index (κ1) is 29.3. The van der Waals surface area contributed by atoms with Gasteiger partial charge in [-0.25, -0.2) is 15.0 Å². The van der Waals surface area contributed by atoms with Gasteiger partial charge in [0.05, 0.1) is 17.3 Å². The number of nitrogens with zero attached hydrogens (tertiary/aromatic N) is 1. The van der Waals surface area contributed by atoms with E-state index in [-0.39, 0.29) is 11.5 Å². The molecule has 5 aromatic rings. The van der Waals surface area contributed by atoms with Gasteiger partial charge in [0, 0.05) is 11.6 Å². The summed E-state index contributed by atoms with van der Waals surface area (Å²) in [5.74, 6) is -0.876. The van der Waals surface area contributed by atoms with Crippen molar-refractivity contribution in [1.82, 2.24) is 5.43 Å². The Hall–Kier alpha value is -6.22. The monoisotopic (exact) mass is 586 g/mol. The molecule has 0 radical (unpaired) electrons. The van der Waals surface area contributed by atoms with E-state index in [0.717, 1.165) is 0 Å². The molecule has 0 unspecified atom stereocenters. The average molecular weight is 587 g/mol. The molecule has 5 aromatic carbocycles. The van der Waals surface area contributed by atoms with Crippen LogP contribution in [0.1, 0.15) is 26.3 Å². The van der Waals surface area contributed by atoms with Gasteiger partial charge in [-0.2, -0.15) is 5.10 Å². The molecule has 9 nitrogen and oxygen atoms in total. The zero-order valence-corrected chi connectivity index (χ0v) is 23.2. The van der Waals surface area contributed by atoms with Crippen LogP contribution in [0.25, 0.3) is 0 Å². The minimum absolute atomic E-state index is 0.0489. The Bertz CT molecular complexity index is 1690. The number of nitrogens with one attached hydrogen (secondary N) is 1. The van der Waals surface area contributed by atoms with E-state index in [4.69, 9.17) is 18.9 Å². The molecule has 44 heavy (non-hydrogen) atoms. The number of carbonyl (C=O) groups excluding carboxylic acids is 3. The standard InChI is InChI=1S/C35H26N2O7/c38-32(35(42-28-17-9-3-10-18-28)43-29-19-11-4-12-20-29)37-36-24-27-21-22-30(41-33(39)25-13-5-1-6-14-25)23-31(27)44-34(40)26-15-7-2-8-16-26/h1-24,35H,(H,37,38)/b36-24-. The highest BCUT2D eigenvalue weighted by Crippen LogP contribution is 2.26. The van der Waals surface area contributed by atoms with Crippen LogP contribution in [0.3, 0.4) is 0 Å². The SMILES string of the molecule is O=C(Oc1ccc(/C=N\NC(=O)C(Oc2ccccc2)Oc2ccccc2)c(OC(=O)c2ccccc2)c1)c1ccccc1. The van der Waals surface area contributed by atoms with Gasteiger partial charge in [-0.05, 0) is 60.7 Å². The molecule has 0 heterocycles. The van der Waals surface area contributed by atoms with Crippen LogP contribution in [0, 0.1) is 0 Å². The van der Waals surface area contributed by atoms with Crippen LogP contribution >= 0.6 is 0 Å². The number of para-hydroxylation sites is 2. The molecule has 9 heteroatoms. The Morgan fingerprint density at radius 3 is 1.57 bits per heavy atom. The van der Waals surface area contributed by atoms with E-state index in [1.54, 1.807) is 109 Å². The zero-order chi connectivity index (χ0) is 30.6. The third kappa shape index (κ3) is 8.17. The van der Waals surface area contributed by atoms with Gasteiger partial charge in [0.25, 0.3) is 0 Å². The molecule has 0 aliphatic heterocycles. The summed E-state index contributed by atoms with van der Waals surface area (Å²) in [5.41, 5.74) is 3.39. The van der Waals surface area contributed by atoms with Gasteiger partial charge in [-0.3, -0.25) is 4.79 Å². The lowest BCUT2D eigenvalue weighted by Gasteiger charge is -2.18. The number of rotatable bonds is 11. The lowest BCUT2D eigenvalue weighted by molar-refractivity contribution is -0.140. The van der Waals surface area contributed by atoms with Gasteiger partial charge >= 0.3 is 24.1 Å². The number of ether oxygens (including phenoxy) is 4. The Balaban J connectivity index is 1.35. The van der Waals surface area contributed by atoms with Crippen LogP contribution in [-0.2, 0) is 4.79 Å². The molecule has 0 aromatic heterocycles. The minimum Gasteiger partial charge on any atom is -0.446 e. The molecule has 0 fully saturated rings. The van der Waals surface area contributed by atoms with E-state index >= 15 is 0 Å². The van der Waals surface area contributed by atoms with Gasteiger partial charge < -0.3 is 18.9 Å². The van der Waals surface area contributed by atoms with Crippen molar-refractivity contribution in [2.75, 3.05) is 0 Å². The molecule has 218 valence electrons. The van der Waals surface area contributed by atoms with E-state index in [1.807, 2.05) is 12.1 Å². The minimum atomic E-state index is -1.37. The van der Waals surface area contributed by atoms with Crippen molar-refractivity contribution >= 4 is 24.1 Å². The van der Waals surface area contributed by atoms with Crippen molar-refractivity contribution in [3.63, 3.8) is 0 Å². The number of hydrazone groups is 1. The highest BCUT2D eigenvalue weighted by atomic mass is 16.7. The summed E-state index contributed by atoms with van der Waals surface area (Å²) in [6.45, 7) is 0. The fraction of sp³-hybridized carbons (Fsp3) is 0.0286. The molecule has 1 N–H and O–H groups in total. The van der Waals surface area contributed by atoms with Gasteiger partial charge in [-0.1, -0.05) is 72.8 Å². The smallest absolute Gasteiger partial charge is 0.343 e. The Labute approximate surface area is 253 Å². The average Bonchev–Trinajstić information content (AvgIpc) is 3.07. The Morgan fingerprint density at radius 1 is 0.568 bits per heavy atom. The molecule has 0 saturated heterocycles. The maximum Gasteiger partial charge on any atom is 0.343 e. The maximum absolute atomic E-state index is 13.1. The molecular formula is C35H26N2O7. The second kappa shape index (κ2) is 14.6. The molecule has 0 aliphatic rings. The lowest BCUT2D eigenvalue weighted by Crippen LogP contribution is -2.40. The van der Waals surface area contributed by atoms with Crippen LogP contribution in [0.2, 0.25) is 0 Å². The van der Waals surface area contributed by atoms with Crippen molar-refractivity contribution in [2.45, 2.75) is 6.29 Å². The molecule has 0 atom stereocenters. The molecule has 1 amide bonds. The van der Waals surface area contributed by atoms with E-state index in [9.17, 15) is 14.4 Å². The van der Waals surface area contributed by atoms with Crippen molar-refractivity contribution < 1.29 is 33.3 Å². The number of hydrogen-bond acceptors (Lipinski definition) is 8. The van der Waals surface area contributed by atoms with Gasteiger partial charge in [-0.15, -0.1) is 0 Å². The van der Waals surface area contributed by atoms with Gasteiger partial charge in [0.1, 0.15) is 23.0 Å². The van der Waals surface area contributed by atoms with Crippen molar-refractivity contribution in [1.29, 1.82) is 0 Å². The topological polar surface area (TPSA) is 113 Å². The van der Waals surface area contributed by atoms with E-state index in [2.05, 4.69) is 10.5 Å². The normalized spacial score (nSPS) is 10.7. The third-order valence-electron chi connectivity index (χ3n) is 5.98. The Morgan fingerprint density at radius 2 is 1.05 bits per heavy atom. The number of hydrogen-bond donors (Lipinski definition) is 1. The van der Waals surface area contributed by atoms with Crippen molar-refractivity contribution in [3.05, 3.63) is 156 Å². The molecule has 0 saturated carbocycles. The quantitative estimate of drug-likeness (QED) is 0.0658. The van der Waals surface area contributed by atoms with Crippen molar-refractivity contribution in [2.24, 2.45) is 5.10 Å². The Kier molecular flexibility index (Phi) is 9.72. The highest BCUT2D eigenvalue weighted by molar-refractivity contribution is 5.94. The first-order chi connectivity index (χ1) is 21.5. The van der Waals surface area contributed by atoms with Crippen LogP contribution in [0.15, 0.2) is 145 Å². The molecular weight excluding hydrogens is 560 g/mol. The van der Waals surface area contributed by atoms with Crippen LogP contribution < -0.4 is 24.4 Å². The van der Waals surface area contributed by atoms with Gasteiger partial charge in [0.15, 0.2) is 0 Å². The summed E-state index contributed by atoms with van der Waals surface area (Å²) in [4.78, 5) is 38.5. The predicted molar refractivity (Wildman–Crippen MR) is 163 cm³/mol. The number of carbonyl (C=O) groups is 3. The second-order valence-corrected chi connectivity index (χ2v) is 9.14. The van der Waals surface area contributed by atoms with E-state index in [1.165, 1.54) is 24.4 Å². The first-order valence-corrected chi connectivity index (χ1v) is 13.5. The highest BCUT2D eigenvalue weighted by Gasteiger charge is 2.23. The van der Waals surface area contributed by atoms with Crippen LogP contribution in [0.4, 0.5) is 0 Å². The zero-order valence-electron chi connectivity index (χ0n) is 23.2. The van der Waals surface area contributed by atoms with Gasteiger partial charge in [0.2, 0.25) is 0 Å². The summed E-state index contributed by atoms with van der Waals surface area (Å²) in [6, 6.07) is 38.8. The summed E-state index contributed by atoms with van der Waals surface area (Å²) in [7, 11) is 0. The second-order valence-electron chi connectivity index (χ2n) is 9.14. The summed E-state index contributed by atoms with van der Waals surface area (Å²) in [6.07, 6.45) is -0.0803. The summed E-state index contributed by atoms with van der Waals surface area (Å²) >= 11 is 0. The third-order valence-corrected chi connectivity index (χ3v) is 5.98.